The monoisotopic (exact) mass is 341 g/mol. The zero-order valence-corrected chi connectivity index (χ0v) is 15.6. The molecule has 3 heteroatoms. The van der Waals surface area contributed by atoms with Gasteiger partial charge in [0.2, 0.25) is 0 Å². The van der Waals surface area contributed by atoms with Crippen LogP contribution >= 0.6 is 0 Å². The molecule has 0 aliphatic carbocycles. The second kappa shape index (κ2) is 11.4. The highest BCUT2D eigenvalue weighted by Crippen LogP contribution is 2.22. The molecule has 0 atom stereocenters. The van der Waals surface area contributed by atoms with Crippen LogP contribution in [0, 0.1) is 0 Å². The van der Waals surface area contributed by atoms with Gasteiger partial charge in [0, 0.05) is 23.9 Å². The molecular formula is C22H31NO2. The van der Waals surface area contributed by atoms with E-state index in [4.69, 9.17) is 9.47 Å². The summed E-state index contributed by atoms with van der Waals surface area (Å²) >= 11 is 0. The smallest absolute Gasteiger partial charge is 0.124 e. The van der Waals surface area contributed by atoms with Crippen LogP contribution in [-0.2, 0) is 6.54 Å². The fourth-order valence-corrected chi connectivity index (χ4v) is 2.61. The second-order valence-corrected chi connectivity index (χ2v) is 6.25. The van der Waals surface area contributed by atoms with Gasteiger partial charge in [-0.1, -0.05) is 57.4 Å². The summed E-state index contributed by atoms with van der Waals surface area (Å²) in [6, 6.07) is 16.4. The van der Waals surface area contributed by atoms with Gasteiger partial charge in [-0.3, -0.25) is 0 Å². The summed E-state index contributed by atoms with van der Waals surface area (Å²) in [6.07, 6.45) is 5.91. The summed E-state index contributed by atoms with van der Waals surface area (Å²) in [5.41, 5.74) is 2.23. The van der Waals surface area contributed by atoms with Crippen LogP contribution in [0.4, 0.5) is 5.69 Å². The third-order valence-electron chi connectivity index (χ3n) is 4.02. The molecule has 2 rings (SSSR count). The Balaban J connectivity index is 1.85. The Bertz CT molecular complexity index is 612. The number of benzene rings is 2. The predicted molar refractivity (Wildman–Crippen MR) is 106 cm³/mol. The van der Waals surface area contributed by atoms with Crippen LogP contribution in [0.25, 0.3) is 0 Å². The number of para-hydroxylation sites is 1. The van der Waals surface area contributed by atoms with Crippen molar-refractivity contribution < 1.29 is 9.47 Å². The van der Waals surface area contributed by atoms with Gasteiger partial charge in [-0.25, -0.2) is 0 Å². The Morgan fingerprint density at radius 2 is 1.68 bits per heavy atom. The SMILES string of the molecule is CCCCCCOc1cccc(NCc2ccccc2OCCC)c1. The Morgan fingerprint density at radius 3 is 2.52 bits per heavy atom. The average molecular weight is 341 g/mol. The number of anilines is 1. The van der Waals surface area contributed by atoms with Gasteiger partial charge >= 0.3 is 0 Å². The molecule has 0 radical (unpaired) electrons. The topological polar surface area (TPSA) is 30.5 Å². The molecule has 136 valence electrons. The van der Waals surface area contributed by atoms with Crippen molar-refractivity contribution >= 4 is 5.69 Å². The highest BCUT2D eigenvalue weighted by atomic mass is 16.5. The van der Waals surface area contributed by atoms with Crippen LogP contribution in [-0.4, -0.2) is 13.2 Å². The Morgan fingerprint density at radius 1 is 0.800 bits per heavy atom. The molecule has 0 amide bonds. The number of nitrogens with one attached hydrogen (secondary N) is 1. The molecule has 0 aliphatic rings. The molecule has 25 heavy (non-hydrogen) atoms. The maximum Gasteiger partial charge on any atom is 0.124 e. The van der Waals surface area contributed by atoms with Crippen molar-refractivity contribution in [3.8, 4) is 11.5 Å². The minimum Gasteiger partial charge on any atom is -0.494 e. The zero-order chi connectivity index (χ0) is 17.7. The third kappa shape index (κ3) is 7.08. The minimum absolute atomic E-state index is 0.736. The summed E-state index contributed by atoms with van der Waals surface area (Å²) in [5.74, 6) is 1.89. The molecule has 0 saturated carbocycles. The normalized spacial score (nSPS) is 10.5. The van der Waals surface area contributed by atoms with Crippen LogP contribution < -0.4 is 14.8 Å². The Hall–Kier alpha value is -2.16. The van der Waals surface area contributed by atoms with Gasteiger partial charge < -0.3 is 14.8 Å². The van der Waals surface area contributed by atoms with Crippen molar-refractivity contribution in [2.75, 3.05) is 18.5 Å². The van der Waals surface area contributed by atoms with Crippen molar-refractivity contribution in [2.45, 2.75) is 52.5 Å². The Labute approximate surface area is 152 Å². The highest BCUT2D eigenvalue weighted by molar-refractivity contribution is 5.49. The van der Waals surface area contributed by atoms with Crippen molar-refractivity contribution in [3.05, 3.63) is 54.1 Å². The lowest BCUT2D eigenvalue weighted by molar-refractivity contribution is 0.305. The maximum atomic E-state index is 5.86. The van der Waals surface area contributed by atoms with E-state index in [-0.39, 0.29) is 0 Å². The van der Waals surface area contributed by atoms with E-state index in [0.29, 0.717) is 0 Å². The summed E-state index contributed by atoms with van der Waals surface area (Å²) < 4.78 is 11.7. The van der Waals surface area contributed by atoms with Gasteiger partial charge in [0.15, 0.2) is 0 Å². The molecule has 3 nitrogen and oxygen atoms in total. The first-order valence-corrected chi connectivity index (χ1v) is 9.51. The first kappa shape index (κ1) is 19.2. The fraction of sp³-hybridized carbons (Fsp3) is 0.455. The fourth-order valence-electron chi connectivity index (χ4n) is 2.61. The van der Waals surface area contributed by atoms with E-state index in [9.17, 15) is 0 Å². The predicted octanol–water partition coefficient (Wildman–Crippen LogP) is 6.05. The first-order valence-electron chi connectivity index (χ1n) is 9.51. The lowest BCUT2D eigenvalue weighted by Gasteiger charge is -2.13. The number of rotatable bonds is 12. The van der Waals surface area contributed by atoms with E-state index in [0.717, 1.165) is 49.8 Å². The summed E-state index contributed by atoms with van der Waals surface area (Å²) in [4.78, 5) is 0. The number of ether oxygens (including phenoxy) is 2. The Kier molecular flexibility index (Phi) is 8.74. The van der Waals surface area contributed by atoms with E-state index in [2.05, 4.69) is 37.4 Å². The van der Waals surface area contributed by atoms with E-state index in [1.165, 1.54) is 24.8 Å². The standard InChI is InChI=1S/C22H31NO2/c1-3-5-6-9-16-24-21-13-10-12-20(17-21)23-18-19-11-7-8-14-22(19)25-15-4-2/h7-8,10-14,17,23H,3-6,9,15-16,18H2,1-2H3. The number of hydrogen-bond acceptors (Lipinski definition) is 3. The molecule has 0 saturated heterocycles. The third-order valence-corrected chi connectivity index (χ3v) is 4.02. The van der Waals surface area contributed by atoms with Gasteiger partial charge in [0.05, 0.1) is 13.2 Å². The van der Waals surface area contributed by atoms with Gasteiger partial charge in [0.25, 0.3) is 0 Å². The van der Waals surface area contributed by atoms with E-state index >= 15 is 0 Å². The van der Waals surface area contributed by atoms with Gasteiger partial charge in [0.1, 0.15) is 11.5 Å². The van der Waals surface area contributed by atoms with Gasteiger partial charge in [-0.2, -0.15) is 0 Å². The summed E-state index contributed by atoms with van der Waals surface area (Å²) in [7, 11) is 0. The minimum atomic E-state index is 0.736. The van der Waals surface area contributed by atoms with E-state index in [1.807, 2.05) is 30.3 Å². The first-order chi connectivity index (χ1) is 12.3. The molecule has 0 aliphatic heterocycles. The van der Waals surface area contributed by atoms with E-state index < -0.39 is 0 Å². The molecule has 2 aromatic carbocycles. The molecule has 0 fully saturated rings. The van der Waals surface area contributed by atoms with Crippen molar-refractivity contribution in [3.63, 3.8) is 0 Å². The molecule has 0 aromatic heterocycles. The number of unbranched alkanes of at least 4 members (excludes halogenated alkanes) is 3. The molecular weight excluding hydrogens is 310 g/mol. The van der Waals surface area contributed by atoms with Crippen molar-refractivity contribution in [1.29, 1.82) is 0 Å². The van der Waals surface area contributed by atoms with E-state index in [1.54, 1.807) is 0 Å². The largest absolute Gasteiger partial charge is 0.494 e. The van der Waals surface area contributed by atoms with Crippen LogP contribution in [0.1, 0.15) is 51.5 Å². The lowest BCUT2D eigenvalue weighted by atomic mass is 10.2. The van der Waals surface area contributed by atoms with Crippen molar-refractivity contribution in [1.82, 2.24) is 0 Å². The molecule has 0 spiro atoms. The molecule has 0 unspecified atom stereocenters. The molecule has 2 aromatic rings. The van der Waals surface area contributed by atoms with Crippen LogP contribution in [0.3, 0.4) is 0 Å². The molecule has 1 N–H and O–H groups in total. The number of hydrogen-bond donors (Lipinski definition) is 1. The van der Waals surface area contributed by atoms with Crippen LogP contribution in [0.5, 0.6) is 11.5 Å². The van der Waals surface area contributed by atoms with Gasteiger partial charge in [-0.05, 0) is 31.0 Å². The molecule has 0 bridgehead atoms. The highest BCUT2D eigenvalue weighted by Gasteiger charge is 2.03. The second-order valence-electron chi connectivity index (χ2n) is 6.25. The zero-order valence-electron chi connectivity index (χ0n) is 15.6. The summed E-state index contributed by atoms with van der Waals surface area (Å²) in [5, 5.41) is 3.47. The maximum absolute atomic E-state index is 5.86. The average Bonchev–Trinajstić information content (AvgIpc) is 2.65. The van der Waals surface area contributed by atoms with Crippen LogP contribution in [0.15, 0.2) is 48.5 Å². The van der Waals surface area contributed by atoms with Crippen molar-refractivity contribution in [2.24, 2.45) is 0 Å². The van der Waals surface area contributed by atoms with Gasteiger partial charge in [-0.15, -0.1) is 0 Å². The molecule has 0 heterocycles. The summed E-state index contributed by atoms with van der Waals surface area (Å²) in [6.45, 7) is 6.62. The van der Waals surface area contributed by atoms with Crippen LogP contribution in [0.2, 0.25) is 0 Å². The lowest BCUT2D eigenvalue weighted by Crippen LogP contribution is -2.04. The quantitative estimate of drug-likeness (QED) is 0.477.